The highest BCUT2D eigenvalue weighted by molar-refractivity contribution is 8.00. The number of thioether (sulfide) groups is 1. The second-order valence-corrected chi connectivity index (χ2v) is 5.80. The maximum absolute atomic E-state index is 12.1. The molecule has 0 bridgehead atoms. The maximum Gasteiger partial charge on any atom is 0.237 e. The second-order valence-electron chi connectivity index (χ2n) is 4.49. The second kappa shape index (κ2) is 5.96. The number of nitrogens with zero attached hydrogens (tertiary/aromatic N) is 3. The molecule has 0 fully saturated rings. The number of aryl methyl sites for hydroxylation is 2. The van der Waals surface area contributed by atoms with Crippen LogP contribution in [0.4, 0.5) is 5.69 Å². The van der Waals surface area contributed by atoms with Crippen LogP contribution in [-0.2, 0) is 11.8 Å². The number of rotatable bonds is 4. The summed E-state index contributed by atoms with van der Waals surface area (Å²) in [6.45, 7) is 3.65. The fourth-order valence-corrected chi connectivity index (χ4v) is 2.36. The van der Waals surface area contributed by atoms with E-state index in [1.165, 1.54) is 11.8 Å². The molecule has 1 amide bonds. The third-order valence-electron chi connectivity index (χ3n) is 2.73. The number of aromatic hydroxyl groups is 1. The number of nitrogens with one attached hydrogen (secondary N) is 1. The first-order chi connectivity index (χ1) is 9.47. The Kier molecular flexibility index (Phi) is 4.29. The Morgan fingerprint density at radius 2 is 2.25 bits per heavy atom. The summed E-state index contributed by atoms with van der Waals surface area (Å²) in [6, 6.07) is 5.12. The van der Waals surface area contributed by atoms with Gasteiger partial charge in [0.15, 0.2) is 5.16 Å². The summed E-state index contributed by atoms with van der Waals surface area (Å²) < 4.78 is 1.75. The zero-order valence-electron chi connectivity index (χ0n) is 11.5. The van der Waals surface area contributed by atoms with Gasteiger partial charge in [-0.1, -0.05) is 17.8 Å². The van der Waals surface area contributed by atoms with Crippen molar-refractivity contribution in [1.82, 2.24) is 14.8 Å². The van der Waals surface area contributed by atoms with E-state index in [1.54, 1.807) is 30.0 Å². The molecule has 0 radical (unpaired) electrons. The summed E-state index contributed by atoms with van der Waals surface area (Å²) in [5.41, 5.74) is 1.34. The quantitative estimate of drug-likeness (QED) is 0.665. The van der Waals surface area contributed by atoms with E-state index in [1.807, 2.05) is 20.0 Å². The number of carbonyl (C=O) groups is 1. The van der Waals surface area contributed by atoms with Gasteiger partial charge in [-0.2, -0.15) is 0 Å². The lowest BCUT2D eigenvalue weighted by Crippen LogP contribution is -2.22. The van der Waals surface area contributed by atoms with Crippen molar-refractivity contribution >= 4 is 23.4 Å². The molecule has 1 atom stereocenters. The normalized spacial score (nSPS) is 12.2. The van der Waals surface area contributed by atoms with Gasteiger partial charge in [0, 0.05) is 7.05 Å². The predicted octanol–water partition coefficient (Wildman–Crippen LogP) is 1.95. The van der Waals surface area contributed by atoms with Gasteiger partial charge < -0.3 is 15.0 Å². The number of hydrogen-bond acceptors (Lipinski definition) is 5. The largest absolute Gasteiger partial charge is 0.506 e. The highest BCUT2D eigenvalue weighted by atomic mass is 32.2. The summed E-state index contributed by atoms with van der Waals surface area (Å²) in [4.78, 5) is 12.1. The van der Waals surface area contributed by atoms with Gasteiger partial charge in [0.1, 0.15) is 12.1 Å². The Labute approximate surface area is 121 Å². The minimum Gasteiger partial charge on any atom is -0.506 e. The lowest BCUT2D eigenvalue weighted by molar-refractivity contribution is -0.115. The van der Waals surface area contributed by atoms with Gasteiger partial charge in [-0.15, -0.1) is 10.2 Å². The minimum atomic E-state index is -0.349. The Balaban J connectivity index is 2.02. The van der Waals surface area contributed by atoms with E-state index in [0.717, 1.165) is 5.56 Å². The topological polar surface area (TPSA) is 80.0 Å². The first-order valence-electron chi connectivity index (χ1n) is 6.08. The standard InChI is InChI=1S/C13H16N4O2S/c1-8-4-5-10(11(18)6-8)15-12(19)9(2)20-13-16-14-7-17(13)3/h4-7,9,18H,1-3H3,(H,15,19)/t9-/m1/s1. The van der Waals surface area contributed by atoms with Crippen molar-refractivity contribution in [1.29, 1.82) is 0 Å². The molecule has 0 aliphatic carbocycles. The molecule has 1 heterocycles. The number of benzene rings is 1. The van der Waals surface area contributed by atoms with Crippen LogP contribution in [0.3, 0.4) is 0 Å². The summed E-state index contributed by atoms with van der Waals surface area (Å²) in [5.74, 6) is -0.133. The molecular formula is C13H16N4O2S. The number of carbonyl (C=O) groups excluding carboxylic acids is 1. The Hall–Kier alpha value is -2.02. The van der Waals surface area contributed by atoms with Gasteiger partial charge >= 0.3 is 0 Å². The molecule has 0 aliphatic heterocycles. The molecule has 1 aromatic carbocycles. The van der Waals surface area contributed by atoms with Crippen molar-refractivity contribution in [2.24, 2.45) is 7.05 Å². The maximum atomic E-state index is 12.1. The van der Waals surface area contributed by atoms with Crippen molar-refractivity contribution in [2.45, 2.75) is 24.3 Å². The number of phenols is 1. The van der Waals surface area contributed by atoms with E-state index < -0.39 is 0 Å². The molecule has 106 valence electrons. The molecule has 0 aliphatic rings. The van der Waals surface area contributed by atoms with E-state index in [0.29, 0.717) is 10.8 Å². The Morgan fingerprint density at radius 1 is 1.50 bits per heavy atom. The molecule has 2 aromatic rings. The first-order valence-corrected chi connectivity index (χ1v) is 6.96. The van der Waals surface area contributed by atoms with Crippen LogP contribution in [0, 0.1) is 6.92 Å². The van der Waals surface area contributed by atoms with Crippen LogP contribution >= 0.6 is 11.8 Å². The van der Waals surface area contributed by atoms with Gasteiger partial charge in [-0.25, -0.2) is 0 Å². The molecule has 2 rings (SSSR count). The van der Waals surface area contributed by atoms with Crippen LogP contribution in [0.25, 0.3) is 0 Å². The van der Waals surface area contributed by atoms with Crippen molar-refractivity contribution in [2.75, 3.05) is 5.32 Å². The summed E-state index contributed by atoms with van der Waals surface area (Å²) in [7, 11) is 1.82. The summed E-state index contributed by atoms with van der Waals surface area (Å²) in [5, 5.41) is 20.5. The summed E-state index contributed by atoms with van der Waals surface area (Å²) in [6.07, 6.45) is 1.58. The lowest BCUT2D eigenvalue weighted by atomic mass is 10.2. The van der Waals surface area contributed by atoms with Crippen LogP contribution in [0.15, 0.2) is 29.7 Å². The lowest BCUT2D eigenvalue weighted by Gasteiger charge is -2.12. The van der Waals surface area contributed by atoms with Crippen molar-refractivity contribution < 1.29 is 9.90 Å². The molecule has 0 unspecified atom stereocenters. The zero-order valence-corrected chi connectivity index (χ0v) is 12.3. The number of amides is 1. The average molecular weight is 292 g/mol. The monoisotopic (exact) mass is 292 g/mol. The molecule has 7 heteroatoms. The number of aromatic nitrogens is 3. The van der Waals surface area contributed by atoms with E-state index in [2.05, 4.69) is 15.5 Å². The SMILES string of the molecule is Cc1ccc(NC(=O)[C@@H](C)Sc2nncn2C)c(O)c1. The molecular weight excluding hydrogens is 276 g/mol. The fraction of sp³-hybridized carbons (Fsp3) is 0.308. The highest BCUT2D eigenvalue weighted by Crippen LogP contribution is 2.26. The van der Waals surface area contributed by atoms with E-state index in [-0.39, 0.29) is 16.9 Å². The highest BCUT2D eigenvalue weighted by Gasteiger charge is 2.18. The van der Waals surface area contributed by atoms with Crippen LogP contribution in [0.2, 0.25) is 0 Å². The van der Waals surface area contributed by atoms with Gasteiger partial charge in [-0.3, -0.25) is 4.79 Å². The van der Waals surface area contributed by atoms with Crippen molar-refractivity contribution in [3.05, 3.63) is 30.1 Å². The van der Waals surface area contributed by atoms with E-state index in [9.17, 15) is 9.90 Å². The summed E-state index contributed by atoms with van der Waals surface area (Å²) >= 11 is 1.31. The van der Waals surface area contributed by atoms with Crippen LogP contribution in [0.1, 0.15) is 12.5 Å². The minimum absolute atomic E-state index is 0.0641. The van der Waals surface area contributed by atoms with Gasteiger partial charge in [0.05, 0.1) is 10.9 Å². The molecule has 0 saturated carbocycles. The smallest absolute Gasteiger partial charge is 0.237 e. The van der Waals surface area contributed by atoms with Crippen LogP contribution < -0.4 is 5.32 Å². The molecule has 20 heavy (non-hydrogen) atoms. The number of hydrogen-bond donors (Lipinski definition) is 2. The van der Waals surface area contributed by atoms with Crippen molar-refractivity contribution in [3.8, 4) is 5.75 Å². The molecule has 2 N–H and O–H groups in total. The number of anilines is 1. The van der Waals surface area contributed by atoms with Crippen LogP contribution in [-0.4, -0.2) is 31.0 Å². The molecule has 0 spiro atoms. The van der Waals surface area contributed by atoms with Crippen LogP contribution in [0.5, 0.6) is 5.75 Å². The van der Waals surface area contributed by atoms with Gasteiger partial charge in [0.2, 0.25) is 5.91 Å². The number of phenolic OH excluding ortho intramolecular Hbond substituents is 1. The Morgan fingerprint density at radius 3 is 2.85 bits per heavy atom. The average Bonchev–Trinajstić information content (AvgIpc) is 2.78. The zero-order chi connectivity index (χ0) is 14.7. The fourth-order valence-electron chi connectivity index (χ4n) is 1.57. The first kappa shape index (κ1) is 14.4. The van der Waals surface area contributed by atoms with Crippen molar-refractivity contribution in [3.63, 3.8) is 0 Å². The van der Waals surface area contributed by atoms with E-state index >= 15 is 0 Å². The van der Waals surface area contributed by atoms with Gasteiger partial charge in [-0.05, 0) is 31.5 Å². The molecule has 0 saturated heterocycles. The Bertz CT molecular complexity index is 627. The molecule has 1 aromatic heterocycles. The predicted molar refractivity (Wildman–Crippen MR) is 77.8 cm³/mol. The third kappa shape index (κ3) is 3.30. The van der Waals surface area contributed by atoms with E-state index in [4.69, 9.17) is 0 Å². The third-order valence-corrected chi connectivity index (χ3v) is 3.88. The van der Waals surface area contributed by atoms with Gasteiger partial charge in [0.25, 0.3) is 0 Å². The molecule has 6 nitrogen and oxygen atoms in total.